The van der Waals surface area contributed by atoms with E-state index in [2.05, 4.69) is 19.1 Å². The van der Waals surface area contributed by atoms with Gasteiger partial charge in [-0.2, -0.15) is 0 Å². The van der Waals surface area contributed by atoms with Crippen LogP contribution in [0.4, 0.5) is 13.2 Å². The van der Waals surface area contributed by atoms with Gasteiger partial charge in [0.25, 0.3) is 0 Å². The molecule has 0 saturated heterocycles. The molecule has 0 aliphatic rings. The van der Waals surface area contributed by atoms with E-state index in [1.54, 1.807) is 6.07 Å². The van der Waals surface area contributed by atoms with Crippen molar-refractivity contribution in [2.24, 2.45) is 0 Å². The second-order valence-electron chi connectivity index (χ2n) is 7.64. The van der Waals surface area contributed by atoms with Crippen LogP contribution in [0.5, 0.6) is 0 Å². The lowest BCUT2D eigenvalue weighted by Gasteiger charge is -2.10. The Labute approximate surface area is 169 Å². The van der Waals surface area contributed by atoms with Crippen LogP contribution in [0.1, 0.15) is 38.2 Å². The molecule has 4 aromatic carbocycles. The van der Waals surface area contributed by atoms with Crippen LogP contribution in [0.3, 0.4) is 0 Å². The van der Waals surface area contributed by atoms with Gasteiger partial charge in [0.1, 0.15) is 17.5 Å². The summed E-state index contributed by atoms with van der Waals surface area (Å²) in [6.07, 6.45) is 5.94. The van der Waals surface area contributed by atoms with Crippen LogP contribution in [0.25, 0.3) is 32.7 Å². The lowest BCUT2D eigenvalue weighted by Crippen LogP contribution is -1.90. The fourth-order valence-corrected chi connectivity index (χ4v) is 3.98. The van der Waals surface area contributed by atoms with E-state index in [-0.39, 0.29) is 11.1 Å². The van der Waals surface area contributed by atoms with E-state index >= 15 is 0 Å². The highest BCUT2D eigenvalue weighted by Crippen LogP contribution is 2.33. The molecule has 0 spiro atoms. The smallest absolute Gasteiger partial charge is 0.131 e. The Morgan fingerprint density at radius 2 is 1.38 bits per heavy atom. The third kappa shape index (κ3) is 4.14. The molecule has 0 nitrogen and oxygen atoms in total. The molecule has 0 atom stereocenters. The molecular formula is C26H23F3. The zero-order valence-corrected chi connectivity index (χ0v) is 16.4. The van der Waals surface area contributed by atoms with Crippen LogP contribution in [0, 0.1) is 17.5 Å². The van der Waals surface area contributed by atoms with Crippen LogP contribution in [0.15, 0.2) is 60.7 Å². The van der Waals surface area contributed by atoms with Crippen molar-refractivity contribution in [3.8, 4) is 11.1 Å². The number of hydrogen-bond acceptors (Lipinski definition) is 0. The van der Waals surface area contributed by atoms with Crippen molar-refractivity contribution in [1.29, 1.82) is 0 Å². The average molecular weight is 392 g/mol. The number of hydrogen-bond donors (Lipinski definition) is 0. The predicted molar refractivity (Wildman–Crippen MR) is 115 cm³/mol. The number of fused-ring (bicyclic) bond motifs is 3. The molecule has 0 aliphatic carbocycles. The van der Waals surface area contributed by atoms with Crippen molar-refractivity contribution in [1.82, 2.24) is 0 Å². The van der Waals surface area contributed by atoms with E-state index < -0.39 is 17.5 Å². The number of aryl methyl sites for hydroxylation is 1. The zero-order valence-electron chi connectivity index (χ0n) is 16.4. The Morgan fingerprint density at radius 1 is 0.655 bits per heavy atom. The van der Waals surface area contributed by atoms with Gasteiger partial charge in [-0.05, 0) is 69.8 Å². The Morgan fingerprint density at radius 3 is 2.10 bits per heavy atom. The van der Waals surface area contributed by atoms with Gasteiger partial charge in [0.05, 0.1) is 0 Å². The molecule has 0 unspecified atom stereocenters. The molecule has 0 aromatic heterocycles. The van der Waals surface area contributed by atoms with Crippen LogP contribution >= 0.6 is 0 Å². The molecular weight excluding hydrogens is 369 g/mol. The van der Waals surface area contributed by atoms with Gasteiger partial charge in [0.15, 0.2) is 0 Å². The van der Waals surface area contributed by atoms with E-state index in [4.69, 9.17) is 0 Å². The van der Waals surface area contributed by atoms with Gasteiger partial charge in [-0.1, -0.05) is 56.5 Å². The minimum atomic E-state index is -0.718. The Bertz CT molecular complexity index is 1160. The first-order valence-electron chi connectivity index (χ1n) is 10.2. The van der Waals surface area contributed by atoms with Gasteiger partial charge in [-0.25, -0.2) is 13.2 Å². The van der Waals surface area contributed by atoms with Crippen molar-refractivity contribution < 1.29 is 13.2 Å². The van der Waals surface area contributed by atoms with Gasteiger partial charge < -0.3 is 0 Å². The van der Waals surface area contributed by atoms with Crippen LogP contribution < -0.4 is 0 Å². The highest BCUT2D eigenvalue weighted by atomic mass is 19.1. The van der Waals surface area contributed by atoms with Gasteiger partial charge in [0, 0.05) is 11.6 Å². The molecule has 4 rings (SSSR count). The topological polar surface area (TPSA) is 0 Å². The number of halogens is 3. The number of rotatable bonds is 6. The fraction of sp³-hybridized carbons (Fsp3) is 0.231. The maximum Gasteiger partial charge on any atom is 0.131 e. The van der Waals surface area contributed by atoms with Crippen molar-refractivity contribution >= 4 is 21.5 Å². The van der Waals surface area contributed by atoms with Crippen molar-refractivity contribution in [2.45, 2.75) is 39.0 Å². The van der Waals surface area contributed by atoms with Gasteiger partial charge in [0.2, 0.25) is 0 Å². The third-order valence-electron chi connectivity index (χ3n) is 5.48. The second kappa shape index (κ2) is 8.28. The molecule has 29 heavy (non-hydrogen) atoms. The fourth-order valence-electron chi connectivity index (χ4n) is 3.98. The van der Waals surface area contributed by atoms with E-state index in [0.29, 0.717) is 0 Å². The maximum absolute atomic E-state index is 14.9. The van der Waals surface area contributed by atoms with E-state index in [0.717, 1.165) is 46.2 Å². The first-order chi connectivity index (χ1) is 14.0. The van der Waals surface area contributed by atoms with Crippen LogP contribution in [-0.2, 0) is 6.42 Å². The average Bonchev–Trinajstić information content (AvgIpc) is 2.70. The normalized spacial score (nSPS) is 11.4. The minimum absolute atomic E-state index is 0.197. The van der Waals surface area contributed by atoms with Crippen molar-refractivity contribution in [3.63, 3.8) is 0 Å². The number of unbranched alkanes of at least 4 members (excludes halogenated alkanes) is 3. The summed E-state index contributed by atoms with van der Waals surface area (Å²) in [5, 5.41) is 3.71. The minimum Gasteiger partial charge on any atom is -0.207 e. The third-order valence-corrected chi connectivity index (χ3v) is 5.48. The predicted octanol–water partition coefficient (Wildman–Crippen LogP) is 8.20. The first-order valence-corrected chi connectivity index (χ1v) is 10.2. The van der Waals surface area contributed by atoms with Crippen molar-refractivity contribution in [3.05, 3.63) is 83.7 Å². The summed E-state index contributed by atoms with van der Waals surface area (Å²) in [4.78, 5) is 0. The summed E-state index contributed by atoms with van der Waals surface area (Å²) in [7, 11) is 0. The van der Waals surface area contributed by atoms with E-state index in [9.17, 15) is 13.2 Å². The molecule has 148 valence electrons. The van der Waals surface area contributed by atoms with E-state index in [1.807, 2.05) is 18.2 Å². The molecule has 0 radical (unpaired) electrons. The Kier molecular flexibility index (Phi) is 5.57. The monoisotopic (exact) mass is 392 g/mol. The molecule has 0 heterocycles. The SMILES string of the molecule is CCCCCCc1ccc2c(ccc3cc(-c4cc(F)cc(F)c4)c(F)cc32)c1. The van der Waals surface area contributed by atoms with Gasteiger partial charge in [-0.15, -0.1) is 0 Å². The molecule has 0 saturated carbocycles. The molecule has 0 amide bonds. The molecule has 0 fully saturated rings. The maximum atomic E-state index is 14.9. The molecule has 4 aromatic rings. The number of benzene rings is 4. The highest BCUT2D eigenvalue weighted by molar-refractivity contribution is 6.08. The molecule has 0 bridgehead atoms. The summed E-state index contributed by atoms with van der Waals surface area (Å²) in [6.45, 7) is 2.20. The lowest BCUT2D eigenvalue weighted by atomic mass is 9.95. The van der Waals surface area contributed by atoms with Crippen LogP contribution in [-0.4, -0.2) is 0 Å². The standard InChI is InChI=1S/C26H23F3/c1-2-3-4-5-6-17-7-10-23-18(11-17)8-9-19-14-25(26(29)16-24(19)23)20-12-21(27)15-22(28)13-20/h7-16H,2-6H2,1H3. The Balaban J connectivity index is 1.74. The van der Waals surface area contributed by atoms with Gasteiger partial charge >= 0.3 is 0 Å². The van der Waals surface area contributed by atoms with Gasteiger partial charge in [-0.3, -0.25) is 0 Å². The zero-order chi connectivity index (χ0) is 20.4. The molecule has 0 N–H and O–H groups in total. The van der Waals surface area contributed by atoms with E-state index in [1.165, 1.54) is 37.3 Å². The summed E-state index contributed by atoms with van der Waals surface area (Å²) < 4.78 is 42.0. The highest BCUT2D eigenvalue weighted by Gasteiger charge is 2.12. The molecule has 0 aliphatic heterocycles. The quantitative estimate of drug-likeness (QED) is 0.229. The first kappa shape index (κ1) is 19.5. The Hall–Kier alpha value is -2.81. The summed E-state index contributed by atoms with van der Waals surface area (Å²) in [5.41, 5.74) is 1.69. The van der Waals surface area contributed by atoms with Crippen LogP contribution in [0.2, 0.25) is 0 Å². The summed E-state index contributed by atoms with van der Waals surface area (Å²) in [6, 6.07) is 16.5. The lowest BCUT2D eigenvalue weighted by molar-refractivity contribution is 0.583. The summed E-state index contributed by atoms with van der Waals surface area (Å²) >= 11 is 0. The largest absolute Gasteiger partial charge is 0.207 e. The second-order valence-corrected chi connectivity index (χ2v) is 7.64. The molecule has 3 heteroatoms. The van der Waals surface area contributed by atoms with Crippen molar-refractivity contribution in [2.75, 3.05) is 0 Å². The summed E-state index contributed by atoms with van der Waals surface area (Å²) in [5.74, 6) is -1.92.